The highest BCUT2D eigenvalue weighted by atomic mass is 32.2. The first kappa shape index (κ1) is 39.7. The average Bonchev–Trinajstić information content (AvgIpc) is 3.56. The Morgan fingerprint density at radius 1 is 0.911 bits per heavy atom. The van der Waals surface area contributed by atoms with Gasteiger partial charge in [0.05, 0.1) is 48.5 Å². The van der Waals surface area contributed by atoms with Gasteiger partial charge in [0.1, 0.15) is 6.61 Å². The third-order valence-electron chi connectivity index (χ3n) is 10.2. The fourth-order valence-corrected chi connectivity index (χ4v) is 9.62. The molecular weight excluding hydrogens is 758 g/mol. The minimum Gasteiger partial charge on any atom is -0.458 e. The molecule has 2 aromatic heterocycles. The van der Waals surface area contributed by atoms with E-state index in [-0.39, 0.29) is 56.5 Å². The largest absolute Gasteiger partial charge is 0.477 e. The number of nitrogens with zero attached hydrogens (tertiary/aromatic N) is 3. The number of fused-ring (bicyclic) bond motifs is 5. The van der Waals surface area contributed by atoms with Crippen molar-refractivity contribution in [2.45, 2.75) is 71.6 Å². The normalized spacial score (nSPS) is 16.6. The minimum absolute atomic E-state index is 0.0465. The summed E-state index contributed by atoms with van der Waals surface area (Å²) in [6.07, 6.45) is 1.64. The maximum absolute atomic E-state index is 14.3. The van der Waals surface area contributed by atoms with Gasteiger partial charge >= 0.3 is 13.8 Å². The number of pyridine rings is 2. The van der Waals surface area contributed by atoms with Gasteiger partial charge in [-0.2, -0.15) is 4.31 Å². The van der Waals surface area contributed by atoms with Crippen molar-refractivity contribution < 1.29 is 40.8 Å². The summed E-state index contributed by atoms with van der Waals surface area (Å²) in [5.74, 6) is -0.731. The summed E-state index contributed by atoms with van der Waals surface area (Å²) in [5, 5.41) is 0.865. The van der Waals surface area contributed by atoms with Crippen LogP contribution in [0.15, 0.2) is 95.8 Å². The molecule has 2 aliphatic heterocycles. The van der Waals surface area contributed by atoms with Gasteiger partial charge < -0.3 is 14.0 Å². The zero-order chi connectivity index (χ0) is 39.7. The van der Waals surface area contributed by atoms with E-state index in [0.29, 0.717) is 28.9 Å². The number of ether oxygens (including phenoxy) is 2. The second-order valence-corrected chi connectivity index (χ2v) is 17.7. The van der Waals surface area contributed by atoms with Crippen LogP contribution in [0.5, 0.6) is 0 Å². The molecule has 3 aromatic carbocycles. The standard InChI is InChI=1S/C41H44N3O10PS/c1-5-41(51-27-54-55(47,52-24-29-14-8-6-9-15-29)53-25-30-16-10-7-11-17-30)35-22-37-38-33(23-43(37)39(45)34(35)26-50-40(41)46)31(32-18-12-13-19-36(32)42-38)20-21-44(28(2)3)56(4,48)49/h6-19,22,28H,5,20-21,23-27H2,1-4H3/t41-/m0/s1. The lowest BCUT2D eigenvalue weighted by atomic mass is 9.85. The molecule has 0 fully saturated rings. The third-order valence-corrected chi connectivity index (χ3v) is 13.0. The van der Waals surface area contributed by atoms with Crippen LogP contribution in [0.25, 0.3) is 22.3 Å². The van der Waals surface area contributed by atoms with E-state index in [1.807, 2.05) is 98.8 Å². The summed E-state index contributed by atoms with van der Waals surface area (Å²) in [6, 6.07) is 27.3. The number of esters is 1. The number of carbonyl (C=O) groups is 1. The molecule has 1 atom stereocenters. The number of cyclic esters (lactones) is 1. The second kappa shape index (κ2) is 16.1. The van der Waals surface area contributed by atoms with Crippen LogP contribution in [0.2, 0.25) is 0 Å². The quantitative estimate of drug-likeness (QED) is 0.0575. The number of sulfonamides is 1. The highest BCUT2D eigenvalue weighted by Crippen LogP contribution is 2.52. The first-order chi connectivity index (χ1) is 26.8. The number of hydrogen-bond donors (Lipinski definition) is 0. The molecule has 0 unspecified atom stereocenters. The van der Waals surface area contributed by atoms with Crippen LogP contribution in [0, 0.1) is 0 Å². The summed E-state index contributed by atoms with van der Waals surface area (Å²) >= 11 is 0. The van der Waals surface area contributed by atoms with Gasteiger partial charge in [-0.3, -0.25) is 18.4 Å². The predicted octanol–water partition coefficient (Wildman–Crippen LogP) is 6.83. The first-order valence-corrected chi connectivity index (χ1v) is 21.7. The first-order valence-electron chi connectivity index (χ1n) is 18.4. The summed E-state index contributed by atoms with van der Waals surface area (Å²) in [4.78, 5) is 33.1. The molecule has 0 bridgehead atoms. The topological polar surface area (TPSA) is 153 Å². The molecule has 0 radical (unpaired) electrons. The highest BCUT2D eigenvalue weighted by Gasteiger charge is 2.49. The molecule has 15 heteroatoms. The molecule has 13 nitrogen and oxygen atoms in total. The van der Waals surface area contributed by atoms with Crippen LogP contribution in [0.4, 0.5) is 0 Å². The Morgan fingerprint density at radius 3 is 2.14 bits per heavy atom. The summed E-state index contributed by atoms with van der Waals surface area (Å²) < 4.78 is 71.4. The van der Waals surface area contributed by atoms with Crippen LogP contribution in [0.3, 0.4) is 0 Å². The molecule has 4 heterocycles. The fourth-order valence-electron chi connectivity index (χ4n) is 7.41. The molecule has 0 N–H and O–H groups in total. The van der Waals surface area contributed by atoms with Crippen molar-refractivity contribution in [1.29, 1.82) is 0 Å². The zero-order valence-corrected chi connectivity index (χ0v) is 33.4. The van der Waals surface area contributed by atoms with Crippen LogP contribution in [0.1, 0.15) is 60.6 Å². The molecule has 0 amide bonds. The van der Waals surface area contributed by atoms with Crippen molar-refractivity contribution in [3.05, 3.63) is 135 Å². The van der Waals surface area contributed by atoms with Crippen LogP contribution < -0.4 is 5.56 Å². The second-order valence-electron chi connectivity index (χ2n) is 14.1. The highest BCUT2D eigenvalue weighted by molar-refractivity contribution is 7.88. The Bertz CT molecular complexity index is 2430. The minimum atomic E-state index is -4.28. The van der Waals surface area contributed by atoms with Gasteiger partial charge in [-0.25, -0.2) is 22.8 Å². The predicted molar refractivity (Wildman–Crippen MR) is 210 cm³/mol. The van der Waals surface area contributed by atoms with Crippen LogP contribution in [-0.2, 0) is 80.8 Å². The maximum Gasteiger partial charge on any atom is 0.477 e. The van der Waals surface area contributed by atoms with E-state index >= 15 is 0 Å². The monoisotopic (exact) mass is 801 g/mol. The van der Waals surface area contributed by atoms with Crippen LogP contribution >= 0.6 is 7.82 Å². The van der Waals surface area contributed by atoms with E-state index in [2.05, 4.69) is 0 Å². The Kier molecular flexibility index (Phi) is 11.4. The third kappa shape index (κ3) is 7.88. The van der Waals surface area contributed by atoms with E-state index in [9.17, 15) is 22.6 Å². The number of phosphoric acid groups is 1. The average molecular weight is 802 g/mol. The van der Waals surface area contributed by atoms with Crippen molar-refractivity contribution in [3.8, 4) is 11.4 Å². The smallest absolute Gasteiger partial charge is 0.458 e. The number of para-hydroxylation sites is 1. The Balaban J connectivity index is 1.22. The van der Waals surface area contributed by atoms with Crippen molar-refractivity contribution >= 4 is 34.7 Å². The van der Waals surface area contributed by atoms with Gasteiger partial charge in [-0.05, 0) is 55.5 Å². The molecule has 2 aliphatic rings. The molecule has 0 saturated heterocycles. The van der Waals surface area contributed by atoms with Crippen molar-refractivity contribution in [2.75, 3.05) is 19.6 Å². The number of carbonyl (C=O) groups excluding carboxylic acids is 1. The number of benzene rings is 3. The van der Waals surface area contributed by atoms with E-state index in [0.717, 1.165) is 27.6 Å². The zero-order valence-electron chi connectivity index (χ0n) is 31.7. The number of aromatic nitrogens is 2. The summed E-state index contributed by atoms with van der Waals surface area (Å²) in [7, 11) is -7.77. The molecular formula is C41H44N3O10PS. The van der Waals surface area contributed by atoms with E-state index in [1.165, 1.54) is 10.6 Å². The molecule has 7 rings (SSSR count). The molecule has 56 heavy (non-hydrogen) atoms. The molecule has 5 aromatic rings. The van der Waals surface area contributed by atoms with Crippen molar-refractivity contribution in [3.63, 3.8) is 0 Å². The van der Waals surface area contributed by atoms with Crippen molar-refractivity contribution in [2.24, 2.45) is 0 Å². The summed E-state index contributed by atoms with van der Waals surface area (Å²) in [6.45, 7) is 4.70. The molecule has 294 valence electrons. The Morgan fingerprint density at radius 2 is 1.54 bits per heavy atom. The van der Waals surface area contributed by atoms with Crippen molar-refractivity contribution in [1.82, 2.24) is 13.9 Å². The SMILES string of the molecule is CC[C@@]1(OCOP(=O)(OCc2ccccc2)OCc2ccccc2)C(=O)OCc2c1cc1n(c2=O)Cc2c-1nc1ccccc1c2CCN(C(C)C)S(C)(=O)=O. The number of rotatable bonds is 16. The number of phosphoric ester groups is 1. The molecule has 0 saturated carbocycles. The molecule has 0 spiro atoms. The van der Waals surface area contributed by atoms with Gasteiger partial charge in [0.15, 0.2) is 12.4 Å². The van der Waals surface area contributed by atoms with E-state index in [4.69, 9.17) is 28.0 Å². The lowest BCUT2D eigenvalue weighted by Crippen LogP contribution is -2.46. The van der Waals surface area contributed by atoms with E-state index in [1.54, 1.807) is 17.6 Å². The number of hydrogen-bond acceptors (Lipinski definition) is 11. The van der Waals surface area contributed by atoms with E-state index < -0.39 is 36.2 Å². The van der Waals surface area contributed by atoms with Gasteiger partial charge in [0.2, 0.25) is 10.0 Å². The van der Waals surface area contributed by atoms with Crippen LogP contribution in [-0.4, -0.2) is 53.9 Å². The fraction of sp³-hybridized carbons (Fsp3) is 0.341. The lowest BCUT2D eigenvalue weighted by molar-refractivity contribution is -0.193. The molecule has 0 aliphatic carbocycles. The van der Waals surface area contributed by atoms with Gasteiger partial charge in [0, 0.05) is 29.1 Å². The van der Waals surface area contributed by atoms with Gasteiger partial charge in [-0.15, -0.1) is 0 Å². The van der Waals surface area contributed by atoms with Gasteiger partial charge in [0.25, 0.3) is 5.56 Å². The summed E-state index contributed by atoms with van der Waals surface area (Å²) in [5.41, 5.74) is 3.25. The van der Waals surface area contributed by atoms with Gasteiger partial charge in [-0.1, -0.05) is 85.8 Å². The lowest BCUT2D eigenvalue weighted by Gasteiger charge is -2.36. The Hall–Kier alpha value is -4.53. The Labute approximate surface area is 325 Å². The maximum atomic E-state index is 14.3.